The Morgan fingerprint density at radius 3 is 1.83 bits per heavy atom. The van der Waals surface area contributed by atoms with Gasteiger partial charge in [0.1, 0.15) is 23.0 Å². The minimum atomic E-state index is -1.39. The van der Waals surface area contributed by atoms with Gasteiger partial charge in [0.2, 0.25) is 0 Å². The largest absolute Gasteiger partial charge is 0.497 e. The number of rotatable bonds is 11. The van der Waals surface area contributed by atoms with Crippen molar-refractivity contribution in [2.24, 2.45) is 5.92 Å². The second kappa shape index (κ2) is 11.5. The number of furan rings is 1. The summed E-state index contributed by atoms with van der Waals surface area (Å²) in [6.45, 7) is 6.62. The smallest absolute Gasteiger partial charge is 0.173 e. The maximum Gasteiger partial charge on any atom is 0.173 e. The summed E-state index contributed by atoms with van der Waals surface area (Å²) >= 11 is 0. The maximum absolute atomic E-state index is 12.0. The second-order valence-electron chi connectivity index (χ2n) is 9.49. The van der Waals surface area contributed by atoms with Crippen molar-refractivity contribution in [3.05, 3.63) is 119 Å². The molecule has 5 heteroatoms. The van der Waals surface area contributed by atoms with Crippen LogP contribution in [0.25, 0.3) is 0 Å². The minimum absolute atomic E-state index is 0.470. The zero-order chi connectivity index (χ0) is 25.5. The van der Waals surface area contributed by atoms with Crippen LogP contribution in [0.1, 0.15) is 42.1 Å². The molecule has 188 valence electrons. The van der Waals surface area contributed by atoms with Crippen molar-refractivity contribution in [1.82, 2.24) is 4.90 Å². The van der Waals surface area contributed by atoms with E-state index in [9.17, 15) is 5.11 Å². The molecule has 0 saturated carbocycles. The lowest BCUT2D eigenvalue weighted by molar-refractivity contribution is 0.0948. The fraction of sp³-hybridized carbons (Fsp3) is 0.290. The number of hydrogen-bond acceptors (Lipinski definition) is 5. The average Bonchev–Trinajstić information content (AvgIpc) is 3.37. The van der Waals surface area contributed by atoms with Gasteiger partial charge < -0.3 is 19.0 Å². The van der Waals surface area contributed by atoms with E-state index in [1.165, 1.54) is 0 Å². The number of aliphatic hydroxyl groups is 1. The SMILES string of the molecule is COc1cc(CN(Cc2ccc(C(O)(c3ccccc3)c3ccccc3)o2)CC(C)C)cc(OC)c1. The second-order valence-corrected chi connectivity index (χ2v) is 9.49. The van der Waals surface area contributed by atoms with Gasteiger partial charge in [-0.3, -0.25) is 4.90 Å². The highest BCUT2D eigenvalue weighted by molar-refractivity contribution is 5.44. The summed E-state index contributed by atoms with van der Waals surface area (Å²) in [5, 5.41) is 12.0. The number of ether oxygens (including phenoxy) is 2. The van der Waals surface area contributed by atoms with Crippen LogP contribution >= 0.6 is 0 Å². The van der Waals surface area contributed by atoms with Gasteiger partial charge in [0.05, 0.1) is 20.8 Å². The summed E-state index contributed by atoms with van der Waals surface area (Å²) in [5.74, 6) is 3.31. The van der Waals surface area contributed by atoms with Crippen LogP contribution in [-0.2, 0) is 18.7 Å². The number of methoxy groups -OCH3 is 2. The van der Waals surface area contributed by atoms with Gasteiger partial charge >= 0.3 is 0 Å². The van der Waals surface area contributed by atoms with E-state index < -0.39 is 5.60 Å². The standard InChI is InChI=1S/C31H35NO4/c1-23(2)20-32(21-24-17-28(34-3)19-29(18-24)35-4)22-27-15-16-30(36-27)31(33,25-11-7-5-8-12-25)26-13-9-6-10-14-26/h5-19,23,33H,20-22H2,1-4H3. The summed E-state index contributed by atoms with van der Waals surface area (Å²) in [4.78, 5) is 2.34. The van der Waals surface area contributed by atoms with Crippen LogP contribution in [-0.4, -0.2) is 30.8 Å². The van der Waals surface area contributed by atoms with Crippen LogP contribution in [0.2, 0.25) is 0 Å². The third-order valence-corrected chi connectivity index (χ3v) is 6.22. The first kappa shape index (κ1) is 25.5. The zero-order valence-electron chi connectivity index (χ0n) is 21.5. The summed E-state index contributed by atoms with van der Waals surface area (Å²) in [6, 6.07) is 29.1. The van der Waals surface area contributed by atoms with Gasteiger partial charge in [-0.15, -0.1) is 0 Å². The number of benzene rings is 3. The molecule has 0 bridgehead atoms. The Morgan fingerprint density at radius 2 is 1.33 bits per heavy atom. The van der Waals surface area contributed by atoms with Crippen LogP contribution in [0.4, 0.5) is 0 Å². The fourth-order valence-electron chi connectivity index (χ4n) is 4.60. The van der Waals surface area contributed by atoms with Gasteiger partial charge in [-0.1, -0.05) is 74.5 Å². The van der Waals surface area contributed by atoms with Gasteiger partial charge in [-0.25, -0.2) is 0 Å². The van der Waals surface area contributed by atoms with E-state index in [1.54, 1.807) is 14.2 Å². The van der Waals surface area contributed by atoms with Crippen molar-refractivity contribution < 1.29 is 19.0 Å². The Bertz CT molecular complexity index is 1170. The molecule has 0 saturated heterocycles. The van der Waals surface area contributed by atoms with Gasteiger partial charge in [0.15, 0.2) is 5.60 Å². The summed E-state index contributed by atoms with van der Waals surface area (Å²) in [6.07, 6.45) is 0. The van der Waals surface area contributed by atoms with Crippen LogP contribution in [0.15, 0.2) is 95.4 Å². The van der Waals surface area contributed by atoms with Crippen molar-refractivity contribution in [2.75, 3.05) is 20.8 Å². The predicted molar refractivity (Wildman–Crippen MR) is 142 cm³/mol. The molecule has 0 unspecified atom stereocenters. The molecule has 1 N–H and O–H groups in total. The zero-order valence-corrected chi connectivity index (χ0v) is 21.5. The molecule has 0 radical (unpaired) electrons. The third-order valence-electron chi connectivity index (χ3n) is 6.22. The van der Waals surface area contributed by atoms with E-state index in [0.29, 0.717) is 24.8 Å². The molecule has 0 aliphatic rings. The molecule has 36 heavy (non-hydrogen) atoms. The molecular formula is C31H35NO4. The van der Waals surface area contributed by atoms with E-state index in [0.717, 1.165) is 40.5 Å². The molecule has 1 aromatic heterocycles. The molecule has 4 aromatic rings. The molecular weight excluding hydrogens is 450 g/mol. The van der Waals surface area contributed by atoms with E-state index in [-0.39, 0.29) is 0 Å². The van der Waals surface area contributed by atoms with Crippen molar-refractivity contribution in [2.45, 2.75) is 32.5 Å². The van der Waals surface area contributed by atoms with Crippen LogP contribution in [0.3, 0.4) is 0 Å². The predicted octanol–water partition coefficient (Wildman–Crippen LogP) is 6.24. The Labute approximate surface area is 213 Å². The molecule has 1 heterocycles. The Kier molecular flexibility index (Phi) is 8.14. The maximum atomic E-state index is 12.0. The lowest BCUT2D eigenvalue weighted by atomic mass is 9.84. The molecule has 0 atom stereocenters. The molecule has 0 aliphatic carbocycles. The first-order valence-electron chi connectivity index (χ1n) is 12.3. The van der Waals surface area contributed by atoms with E-state index in [2.05, 4.69) is 18.7 Å². The van der Waals surface area contributed by atoms with E-state index >= 15 is 0 Å². The fourth-order valence-corrected chi connectivity index (χ4v) is 4.60. The molecule has 0 spiro atoms. The van der Waals surface area contributed by atoms with Gasteiger partial charge in [-0.05, 0) is 46.9 Å². The van der Waals surface area contributed by atoms with Crippen molar-refractivity contribution in [3.8, 4) is 11.5 Å². The lowest BCUT2D eigenvalue weighted by Crippen LogP contribution is -2.28. The van der Waals surface area contributed by atoms with Crippen molar-refractivity contribution in [1.29, 1.82) is 0 Å². The Morgan fingerprint density at radius 1 is 0.778 bits per heavy atom. The quantitative estimate of drug-likeness (QED) is 0.273. The van der Waals surface area contributed by atoms with Crippen LogP contribution in [0.5, 0.6) is 11.5 Å². The number of hydrogen-bond donors (Lipinski definition) is 1. The van der Waals surface area contributed by atoms with Crippen LogP contribution < -0.4 is 9.47 Å². The molecule has 4 rings (SSSR count). The topological polar surface area (TPSA) is 55.1 Å². The molecule has 0 aliphatic heterocycles. The highest BCUT2D eigenvalue weighted by Crippen LogP contribution is 2.37. The van der Waals surface area contributed by atoms with Crippen LogP contribution in [0, 0.1) is 5.92 Å². The highest BCUT2D eigenvalue weighted by Gasteiger charge is 2.37. The van der Waals surface area contributed by atoms with Crippen molar-refractivity contribution >= 4 is 0 Å². The third kappa shape index (κ3) is 5.81. The monoisotopic (exact) mass is 485 g/mol. The van der Waals surface area contributed by atoms with E-state index in [1.807, 2.05) is 91.0 Å². The first-order chi connectivity index (χ1) is 17.4. The average molecular weight is 486 g/mol. The van der Waals surface area contributed by atoms with Gasteiger partial charge in [0.25, 0.3) is 0 Å². The molecule has 0 amide bonds. The first-order valence-corrected chi connectivity index (χ1v) is 12.3. The Balaban J connectivity index is 1.63. The molecule has 3 aromatic carbocycles. The lowest BCUT2D eigenvalue weighted by Gasteiger charge is -2.27. The highest BCUT2D eigenvalue weighted by atomic mass is 16.5. The molecule has 5 nitrogen and oxygen atoms in total. The summed E-state index contributed by atoms with van der Waals surface area (Å²) in [5.41, 5.74) is 1.24. The van der Waals surface area contributed by atoms with Crippen molar-refractivity contribution in [3.63, 3.8) is 0 Å². The summed E-state index contributed by atoms with van der Waals surface area (Å²) in [7, 11) is 3.32. The normalized spacial score (nSPS) is 11.8. The van der Waals surface area contributed by atoms with Gasteiger partial charge in [-0.2, -0.15) is 0 Å². The molecule has 0 fully saturated rings. The van der Waals surface area contributed by atoms with E-state index in [4.69, 9.17) is 13.9 Å². The number of nitrogens with zero attached hydrogens (tertiary/aromatic N) is 1. The minimum Gasteiger partial charge on any atom is -0.497 e. The van der Waals surface area contributed by atoms with Gasteiger partial charge in [0, 0.05) is 19.2 Å². The summed E-state index contributed by atoms with van der Waals surface area (Å²) < 4.78 is 17.3. The Hall–Kier alpha value is -3.54.